The maximum atomic E-state index is 14.3. The number of hydrogen-bond acceptors (Lipinski definition) is 14. The van der Waals surface area contributed by atoms with E-state index in [1.165, 1.54) is 43.8 Å². The first kappa shape index (κ1) is 60.2. The molecule has 1 saturated heterocycles. The van der Waals surface area contributed by atoms with Gasteiger partial charge in [0.25, 0.3) is 0 Å². The number of thiol groups is 1. The highest BCUT2D eigenvalue weighted by Crippen LogP contribution is 2.39. The number of rotatable bonds is 36. The molecule has 2 aromatic rings. The second kappa shape index (κ2) is 31.3. The van der Waals surface area contributed by atoms with E-state index in [4.69, 9.17) is 19.9 Å². The van der Waals surface area contributed by atoms with Gasteiger partial charge in [-0.05, 0) is 63.4 Å². The fraction of sp³-hybridized carbons (Fsp3) is 0.673. The normalized spacial score (nSPS) is 17.6. The lowest BCUT2D eigenvalue weighted by molar-refractivity contribution is -0.140. The molecule has 1 fully saturated rings. The Kier molecular flexibility index (Phi) is 26.9. The summed E-state index contributed by atoms with van der Waals surface area (Å²) < 4.78 is 29.1. The molecule has 8 atom stereocenters. The first-order valence-corrected chi connectivity index (χ1v) is 26.8. The Hall–Kier alpha value is -4.14. The first-order valence-electron chi connectivity index (χ1n) is 24.4. The van der Waals surface area contributed by atoms with Crippen LogP contribution in [0, 0.1) is 23.7 Å². The number of unbranched alkanes of at least 4 members (excludes halogenated alkanes) is 1. The van der Waals surface area contributed by atoms with E-state index < -0.39 is 90.9 Å². The molecule has 19 nitrogen and oxygen atoms in total. The van der Waals surface area contributed by atoms with Crippen molar-refractivity contribution in [1.82, 2.24) is 25.5 Å². The number of aromatic amines is 1. The minimum atomic E-state index is -4.47. The topological polar surface area (TPSA) is 287 Å². The number of hydrogen-bond donors (Lipinski definition) is 7. The molecule has 2 heterocycles. The third kappa shape index (κ3) is 22.5. The lowest BCUT2D eigenvalue weighted by Gasteiger charge is -2.28. The molecule has 1 aliphatic heterocycles. The molecule has 0 bridgehead atoms. The van der Waals surface area contributed by atoms with Crippen LogP contribution in [0.4, 0.5) is 0 Å². The maximum absolute atomic E-state index is 14.3. The average Bonchev–Trinajstić information content (AvgIpc) is 3.99. The number of likely N-dealkylation sites (tertiary alicyclic amines) is 1. The maximum Gasteiger partial charge on any atom is 0.325 e. The number of ketones is 4. The van der Waals surface area contributed by atoms with Crippen molar-refractivity contribution in [2.75, 3.05) is 51.5 Å². The number of Topliss-reactive ketones (excluding diaryl/α,β-unsaturated/α-hetero) is 4. The number of nitrogens with two attached hydrogens (primary N) is 1. The van der Waals surface area contributed by atoms with E-state index in [1.54, 1.807) is 0 Å². The Morgan fingerprint density at radius 1 is 0.900 bits per heavy atom. The van der Waals surface area contributed by atoms with E-state index in [2.05, 4.69) is 45.4 Å². The molecule has 21 heteroatoms. The minimum Gasteiger partial charge on any atom is -0.379 e. The second-order valence-corrected chi connectivity index (χ2v) is 20.9. The summed E-state index contributed by atoms with van der Waals surface area (Å²) in [5.41, 5.74) is 7.47. The zero-order valence-electron chi connectivity index (χ0n) is 41.4. The molecule has 1 aliphatic rings. The quantitative estimate of drug-likeness (QED) is 0.0292. The third-order valence-corrected chi connectivity index (χ3v) is 13.8. The van der Waals surface area contributed by atoms with Crippen LogP contribution in [0.15, 0.2) is 42.9 Å². The summed E-state index contributed by atoms with van der Waals surface area (Å²) in [6.45, 7) is 9.43. The molecular weight excluding hydrogens is 944 g/mol. The molecule has 1 aromatic carbocycles. The van der Waals surface area contributed by atoms with Crippen molar-refractivity contribution in [2.24, 2.45) is 29.4 Å². The predicted octanol–water partition coefficient (Wildman–Crippen LogP) is 3.58. The molecule has 0 radical (unpaired) electrons. The van der Waals surface area contributed by atoms with Crippen molar-refractivity contribution in [3.05, 3.63) is 54.1 Å². The van der Waals surface area contributed by atoms with E-state index in [0.29, 0.717) is 31.7 Å². The molecule has 70 heavy (non-hydrogen) atoms. The largest absolute Gasteiger partial charge is 0.379 e. The van der Waals surface area contributed by atoms with Crippen molar-refractivity contribution >= 4 is 61.1 Å². The Morgan fingerprint density at radius 2 is 1.60 bits per heavy atom. The summed E-state index contributed by atoms with van der Waals surface area (Å²) in [5, 5.41) is 5.59. The lowest BCUT2D eigenvalue weighted by Crippen LogP contribution is -2.52. The van der Waals surface area contributed by atoms with Crippen LogP contribution in [0.2, 0.25) is 0 Å². The van der Waals surface area contributed by atoms with E-state index in [-0.39, 0.29) is 88.3 Å². The molecule has 3 amide bonds. The summed E-state index contributed by atoms with van der Waals surface area (Å²) in [6, 6.07) is 6.41. The summed E-state index contributed by atoms with van der Waals surface area (Å²) in [4.78, 5) is 121. The number of imidazole rings is 1. The summed E-state index contributed by atoms with van der Waals surface area (Å²) >= 11 is 4.05. The smallest absolute Gasteiger partial charge is 0.325 e. The number of ether oxygens (including phenoxy) is 3. The van der Waals surface area contributed by atoms with Gasteiger partial charge in [0.1, 0.15) is 17.6 Å². The molecule has 3 rings (SSSR count). The van der Waals surface area contributed by atoms with Crippen LogP contribution in [0.3, 0.4) is 0 Å². The number of amides is 3. The second-order valence-electron chi connectivity index (χ2n) is 18.8. The number of aryl methyl sites for hydroxylation is 1. The number of benzene rings is 1. The number of nitrogens with zero attached hydrogens (tertiary/aromatic N) is 2. The molecule has 0 unspecified atom stereocenters. The van der Waals surface area contributed by atoms with Crippen molar-refractivity contribution < 1.29 is 62.1 Å². The van der Waals surface area contributed by atoms with Crippen LogP contribution < -0.4 is 16.4 Å². The third-order valence-electron chi connectivity index (χ3n) is 12.3. The van der Waals surface area contributed by atoms with Gasteiger partial charge in [0, 0.05) is 75.4 Å². The van der Waals surface area contributed by atoms with Gasteiger partial charge in [-0.25, -0.2) is 4.98 Å². The van der Waals surface area contributed by atoms with Gasteiger partial charge in [0.2, 0.25) is 17.7 Å². The Bertz CT molecular complexity index is 2010. The van der Waals surface area contributed by atoms with Gasteiger partial charge in [-0.3, -0.25) is 38.1 Å². The van der Waals surface area contributed by atoms with Crippen molar-refractivity contribution in [3.63, 3.8) is 0 Å². The van der Waals surface area contributed by atoms with Gasteiger partial charge in [-0.15, -0.1) is 0 Å². The highest BCUT2D eigenvalue weighted by atomic mass is 32.1. The molecule has 0 aliphatic carbocycles. The zero-order valence-corrected chi connectivity index (χ0v) is 43.2. The number of aromatic nitrogens is 2. The van der Waals surface area contributed by atoms with E-state index in [0.717, 1.165) is 19.3 Å². The van der Waals surface area contributed by atoms with E-state index in [1.807, 2.05) is 32.0 Å². The molecule has 0 saturated carbocycles. The number of nitrogens with one attached hydrogen (secondary N) is 3. The molecule has 392 valence electrons. The van der Waals surface area contributed by atoms with Crippen LogP contribution in [0.1, 0.15) is 104 Å². The number of H-pyrrole nitrogens is 1. The molecule has 1 aromatic heterocycles. The zero-order chi connectivity index (χ0) is 51.8. The molecular formula is C49H77N6O13PS. The highest BCUT2D eigenvalue weighted by Gasteiger charge is 2.41. The highest BCUT2D eigenvalue weighted by molar-refractivity contribution is 7.80. The van der Waals surface area contributed by atoms with Crippen molar-refractivity contribution in [1.29, 1.82) is 0 Å². The fourth-order valence-electron chi connectivity index (χ4n) is 8.40. The van der Waals surface area contributed by atoms with Gasteiger partial charge in [0.15, 0.2) is 11.6 Å². The number of carbonyl (C=O) groups excluding carboxylic acids is 7. The lowest BCUT2D eigenvalue weighted by atomic mass is 9.86. The first-order chi connectivity index (χ1) is 33.2. The van der Waals surface area contributed by atoms with Crippen LogP contribution in [-0.2, 0) is 65.2 Å². The summed E-state index contributed by atoms with van der Waals surface area (Å²) in [7, 11) is -4.47. The fourth-order valence-corrected chi connectivity index (χ4v) is 9.61. The number of carbonyl (C=O) groups is 7. The van der Waals surface area contributed by atoms with Crippen molar-refractivity contribution in [2.45, 2.75) is 136 Å². The summed E-state index contributed by atoms with van der Waals surface area (Å²) in [6.07, 6.45) is 5.03. The van der Waals surface area contributed by atoms with Gasteiger partial charge in [-0.1, -0.05) is 51.1 Å². The predicted molar refractivity (Wildman–Crippen MR) is 266 cm³/mol. The average molecular weight is 1020 g/mol. The van der Waals surface area contributed by atoms with Crippen LogP contribution >= 0.6 is 20.2 Å². The monoisotopic (exact) mass is 1020 g/mol. The van der Waals surface area contributed by atoms with Gasteiger partial charge in [-0.2, -0.15) is 12.6 Å². The van der Waals surface area contributed by atoms with Crippen LogP contribution in [-0.4, -0.2) is 147 Å². The van der Waals surface area contributed by atoms with Gasteiger partial charge < -0.3 is 50.2 Å². The van der Waals surface area contributed by atoms with Crippen LogP contribution in [0.5, 0.6) is 0 Å². The minimum absolute atomic E-state index is 0.0226. The standard InChI is InChI=1S/C49H77N6O13PS/c1-32(2)22-42(46(59)24-37(23-38-27-51-31-52-38)48(61)53-34(4)45(58)26-40(35(5)56)33(3)29-69(63,64)65)54-49(62)43-25-39(68-18-10-9-14-36-12-7-6-8-13-36)28-55(43)47(60)16-19-67-21-20-66-17-11-15-44(57)41(50)30-70/h6-8,12-13,27,31-34,37,39-43,70H,9-11,14-26,28-30,50H2,1-5H3,(H,51,52)(H,53,61)(H,54,62)(H2,63,64,65)/t33-,34-,37+,39+,40-,41-,42-,43-/m0/s1. The molecule has 0 spiro atoms. The van der Waals surface area contributed by atoms with Gasteiger partial charge in [0.05, 0.1) is 68.9 Å². The van der Waals surface area contributed by atoms with Gasteiger partial charge >= 0.3 is 7.60 Å². The van der Waals surface area contributed by atoms with E-state index >= 15 is 0 Å². The summed E-state index contributed by atoms with van der Waals surface area (Å²) in [5.74, 6) is -5.54. The van der Waals surface area contributed by atoms with Crippen LogP contribution in [0.25, 0.3) is 0 Å². The Morgan fingerprint density at radius 3 is 2.23 bits per heavy atom. The van der Waals surface area contributed by atoms with Crippen molar-refractivity contribution in [3.8, 4) is 0 Å². The Labute approximate surface area is 417 Å². The SMILES string of the molecule is CC(=O)[C@@H](CC(=O)[C@H](C)NC(=O)[C@@H](CC(=O)[C@H](CC(C)C)NC(=O)[C@@H]1C[C@@H](OCCCCc2ccccc2)CN1C(=O)CCOCCOCCCC(=O)[C@@H](N)CS)Cc1cnc[nH]1)[C@@H](C)CP(=O)(O)O. The van der Waals surface area contributed by atoms with E-state index in [9.17, 15) is 47.9 Å². The molecule has 7 N–H and O–H groups in total. The Balaban J connectivity index is 1.70.